The first-order valence-corrected chi connectivity index (χ1v) is 7.30. The van der Waals surface area contributed by atoms with E-state index in [-0.39, 0.29) is 5.91 Å². The molecular formula is C14H24N4O. The lowest BCUT2D eigenvalue weighted by Gasteiger charge is -2.08. The summed E-state index contributed by atoms with van der Waals surface area (Å²) in [6.45, 7) is 4.81. The summed E-state index contributed by atoms with van der Waals surface area (Å²) in [4.78, 5) is 11.5. The van der Waals surface area contributed by atoms with Gasteiger partial charge in [-0.2, -0.15) is 5.10 Å². The number of aromatic nitrogens is 2. The number of carbonyl (C=O) groups is 1. The van der Waals surface area contributed by atoms with Crippen LogP contribution in [0.15, 0.2) is 12.3 Å². The molecule has 1 aromatic rings. The first-order chi connectivity index (χ1) is 9.29. The van der Waals surface area contributed by atoms with Crippen molar-refractivity contribution in [3.8, 4) is 0 Å². The molecule has 1 heterocycles. The van der Waals surface area contributed by atoms with Gasteiger partial charge in [0.05, 0.1) is 5.69 Å². The first kappa shape index (κ1) is 14.1. The third-order valence-electron chi connectivity index (χ3n) is 3.25. The number of nitrogens with one attached hydrogen (secondary N) is 2. The SMILES string of the molecule is CCCn1nccc1CNCCCC(=O)NC1CC1. The third-order valence-corrected chi connectivity index (χ3v) is 3.25. The minimum Gasteiger partial charge on any atom is -0.353 e. The molecule has 106 valence electrons. The normalized spacial score (nSPS) is 14.6. The van der Waals surface area contributed by atoms with Crippen molar-refractivity contribution in [2.45, 2.75) is 58.2 Å². The molecule has 1 aromatic heterocycles. The fraction of sp³-hybridized carbons (Fsp3) is 0.714. The largest absolute Gasteiger partial charge is 0.353 e. The van der Waals surface area contributed by atoms with E-state index in [9.17, 15) is 4.79 Å². The fourth-order valence-corrected chi connectivity index (χ4v) is 2.04. The Balaban J connectivity index is 1.55. The van der Waals surface area contributed by atoms with Crippen LogP contribution in [0.3, 0.4) is 0 Å². The Kier molecular flexibility index (Phi) is 5.39. The van der Waals surface area contributed by atoms with Gasteiger partial charge in [-0.05, 0) is 38.3 Å². The maximum Gasteiger partial charge on any atom is 0.220 e. The molecule has 0 aliphatic heterocycles. The van der Waals surface area contributed by atoms with Crippen LogP contribution in [0.5, 0.6) is 0 Å². The maximum atomic E-state index is 11.5. The Bertz CT molecular complexity index is 398. The average Bonchev–Trinajstić information content (AvgIpc) is 3.09. The highest BCUT2D eigenvalue weighted by Crippen LogP contribution is 2.18. The van der Waals surface area contributed by atoms with E-state index in [1.807, 2.05) is 16.9 Å². The van der Waals surface area contributed by atoms with E-state index in [0.29, 0.717) is 12.5 Å². The highest BCUT2D eigenvalue weighted by molar-refractivity contribution is 5.76. The molecular weight excluding hydrogens is 240 g/mol. The zero-order valence-corrected chi connectivity index (χ0v) is 11.7. The van der Waals surface area contributed by atoms with Gasteiger partial charge in [-0.1, -0.05) is 6.92 Å². The molecule has 2 rings (SSSR count). The van der Waals surface area contributed by atoms with Crippen LogP contribution in [0.1, 0.15) is 44.7 Å². The second-order valence-electron chi connectivity index (χ2n) is 5.17. The van der Waals surface area contributed by atoms with Crippen LogP contribution in [0.2, 0.25) is 0 Å². The van der Waals surface area contributed by atoms with E-state index in [1.54, 1.807) is 0 Å². The molecule has 1 saturated carbocycles. The van der Waals surface area contributed by atoms with Gasteiger partial charge in [0.2, 0.25) is 5.91 Å². The van der Waals surface area contributed by atoms with Crippen LogP contribution in [0.25, 0.3) is 0 Å². The summed E-state index contributed by atoms with van der Waals surface area (Å²) >= 11 is 0. The maximum absolute atomic E-state index is 11.5. The number of carbonyl (C=O) groups excluding carboxylic acids is 1. The van der Waals surface area contributed by atoms with E-state index < -0.39 is 0 Å². The predicted octanol–water partition coefficient (Wildman–Crippen LogP) is 1.44. The zero-order valence-electron chi connectivity index (χ0n) is 11.7. The molecule has 0 bridgehead atoms. The molecule has 1 amide bonds. The number of rotatable bonds is 9. The van der Waals surface area contributed by atoms with E-state index >= 15 is 0 Å². The van der Waals surface area contributed by atoms with Gasteiger partial charge in [0, 0.05) is 31.7 Å². The fourth-order valence-electron chi connectivity index (χ4n) is 2.04. The van der Waals surface area contributed by atoms with Gasteiger partial charge in [0.25, 0.3) is 0 Å². The van der Waals surface area contributed by atoms with Crippen LogP contribution in [-0.4, -0.2) is 28.3 Å². The predicted molar refractivity (Wildman–Crippen MR) is 74.6 cm³/mol. The van der Waals surface area contributed by atoms with Crippen LogP contribution in [0.4, 0.5) is 0 Å². The third kappa shape index (κ3) is 5.03. The van der Waals surface area contributed by atoms with E-state index in [4.69, 9.17) is 0 Å². The summed E-state index contributed by atoms with van der Waals surface area (Å²) in [6, 6.07) is 2.52. The van der Waals surface area contributed by atoms with Crippen molar-refractivity contribution in [3.63, 3.8) is 0 Å². The molecule has 0 radical (unpaired) electrons. The Morgan fingerprint density at radius 2 is 2.37 bits per heavy atom. The minimum absolute atomic E-state index is 0.195. The molecule has 1 aliphatic carbocycles. The molecule has 1 fully saturated rings. The minimum atomic E-state index is 0.195. The lowest BCUT2D eigenvalue weighted by atomic mass is 10.3. The van der Waals surface area contributed by atoms with Crippen molar-refractivity contribution in [1.82, 2.24) is 20.4 Å². The van der Waals surface area contributed by atoms with Crippen LogP contribution >= 0.6 is 0 Å². The highest BCUT2D eigenvalue weighted by Gasteiger charge is 2.22. The van der Waals surface area contributed by atoms with Crippen molar-refractivity contribution in [2.75, 3.05) is 6.54 Å². The summed E-state index contributed by atoms with van der Waals surface area (Å²) in [5, 5.41) is 10.7. The molecule has 0 saturated heterocycles. The van der Waals surface area contributed by atoms with Crippen LogP contribution in [0, 0.1) is 0 Å². The quantitative estimate of drug-likeness (QED) is 0.664. The summed E-state index contributed by atoms with van der Waals surface area (Å²) in [5.41, 5.74) is 1.21. The van der Waals surface area contributed by atoms with Gasteiger partial charge >= 0.3 is 0 Å². The molecule has 19 heavy (non-hydrogen) atoms. The lowest BCUT2D eigenvalue weighted by Crippen LogP contribution is -2.26. The molecule has 5 nitrogen and oxygen atoms in total. The number of hydrogen-bond donors (Lipinski definition) is 2. The number of nitrogens with zero attached hydrogens (tertiary/aromatic N) is 2. The molecule has 0 spiro atoms. The standard InChI is InChI=1S/C14H24N4O/c1-2-10-18-13(7-9-16-18)11-15-8-3-4-14(19)17-12-5-6-12/h7,9,12,15H,2-6,8,10-11H2,1H3,(H,17,19). The lowest BCUT2D eigenvalue weighted by molar-refractivity contribution is -0.121. The summed E-state index contributed by atoms with van der Waals surface area (Å²) in [7, 11) is 0. The van der Waals surface area contributed by atoms with Crippen LogP contribution < -0.4 is 10.6 Å². The topological polar surface area (TPSA) is 59.0 Å². The number of hydrogen-bond acceptors (Lipinski definition) is 3. The second-order valence-corrected chi connectivity index (χ2v) is 5.17. The van der Waals surface area contributed by atoms with E-state index in [0.717, 1.165) is 45.3 Å². The number of amides is 1. The van der Waals surface area contributed by atoms with Crippen LogP contribution in [-0.2, 0) is 17.9 Å². The Hall–Kier alpha value is -1.36. The molecule has 0 unspecified atom stereocenters. The first-order valence-electron chi connectivity index (χ1n) is 7.30. The molecule has 0 aromatic carbocycles. The Morgan fingerprint density at radius 3 is 3.11 bits per heavy atom. The Morgan fingerprint density at radius 1 is 1.53 bits per heavy atom. The van der Waals surface area contributed by atoms with Crippen molar-refractivity contribution in [1.29, 1.82) is 0 Å². The summed E-state index contributed by atoms with van der Waals surface area (Å²) in [6.07, 6.45) is 6.76. The second kappa shape index (κ2) is 7.28. The van der Waals surface area contributed by atoms with Gasteiger partial charge in [-0.25, -0.2) is 0 Å². The summed E-state index contributed by atoms with van der Waals surface area (Å²) < 4.78 is 2.03. The molecule has 5 heteroatoms. The van der Waals surface area contributed by atoms with Gasteiger partial charge in [-0.15, -0.1) is 0 Å². The average molecular weight is 264 g/mol. The number of aryl methyl sites for hydroxylation is 1. The van der Waals surface area contributed by atoms with Crippen molar-refractivity contribution in [2.24, 2.45) is 0 Å². The van der Waals surface area contributed by atoms with Gasteiger partial charge in [-0.3, -0.25) is 9.48 Å². The molecule has 0 atom stereocenters. The summed E-state index contributed by atoms with van der Waals surface area (Å²) in [5.74, 6) is 0.195. The zero-order chi connectivity index (χ0) is 13.5. The van der Waals surface area contributed by atoms with Crippen molar-refractivity contribution < 1.29 is 4.79 Å². The molecule has 1 aliphatic rings. The van der Waals surface area contributed by atoms with Crippen molar-refractivity contribution in [3.05, 3.63) is 18.0 Å². The smallest absolute Gasteiger partial charge is 0.220 e. The highest BCUT2D eigenvalue weighted by atomic mass is 16.1. The Labute approximate surface area is 114 Å². The van der Waals surface area contributed by atoms with Gasteiger partial charge in [0.1, 0.15) is 0 Å². The van der Waals surface area contributed by atoms with E-state index in [2.05, 4.69) is 22.7 Å². The molecule has 2 N–H and O–H groups in total. The monoisotopic (exact) mass is 264 g/mol. The van der Waals surface area contributed by atoms with Crippen molar-refractivity contribution >= 4 is 5.91 Å². The van der Waals surface area contributed by atoms with Gasteiger partial charge < -0.3 is 10.6 Å². The van der Waals surface area contributed by atoms with Gasteiger partial charge in [0.15, 0.2) is 0 Å². The van der Waals surface area contributed by atoms with E-state index in [1.165, 1.54) is 5.69 Å².